The van der Waals surface area contributed by atoms with E-state index in [4.69, 9.17) is 21.1 Å². The van der Waals surface area contributed by atoms with Crippen molar-refractivity contribution < 1.29 is 24.0 Å². The molecule has 2 aromatic rings. The molecule has 0 radical (unpaired) electrons. The number of anilines is 1. The van der Waals surface area contributed by atoms with Gasteiger partial charge in [0.05, 0.1) is 22.1 Å². The van der Waals surface area contributed by atoms with Crippen LogP contribution in [-0.2, 0) is 9.47 Å². The van der Waals surface area contributed by atoms with Crippen molar-refractivity contribution >= 4 is 34.7 Å². The highest BCUT2D eigenvalue weighted by Gasteiger charge is 2.19. The highest BCUT2D eigenvalue weighted by Crippen LogP contribution is 2.26. The monoisotopic (exact) mass is 392 g/mol. The zero-order valence-electron chi connectivity index (χ0n) is 14.4. The summed E-state index contributed by atoms with van der Waals surface area (Å²) in [6.07, 6.45) is 0. The lowest BCUT2D eigenvalue weighted by Gasteiger charge is -2.09. The number of ether oxygens (including phenoxy) is 2. The smallest absolute Gasteiger partial charge is 0.338 e. The maximum Gasteiger partial charge on any atom is 0.338 e. The first kappa shape index (κ1) is 20.3. The van der Waals surface area contributed by atoms with E-state index in [9.17, 15) is 19.7 Å². The van der Waals surface area contributed by atoms with E-state index < -0.39 is 23.3 Å². The van der Waals surface area contributed by atoms with Crippen molar-refractivity contribution in [3.05, 3.63) is 68.7 Å². The number of methoxy groups -OCH3 is 1. The van der Waals surface area contributed by atoms with Crippen LogP contribution in [0.25, 0.3) is 0 Å². The lowest BCUT2D eigenvalue weighted by molar-refractivity contribution is -0.384. The summed E-state index contributed by atoms with van der Waals surface area (Å²) in [5.74, 6) is -1.32. The van der Waals surface area contributed by atoms with Crippen molar-refractivity contribution in [3.63, 3.8) is 0 Å². The van der Waals surface area contributed by atoms with Crippen LogP contribution in [0.2, 0.25) is 5.02 Å². The molecule has 0 saturated carbocycles. The van der Waals surface area contributed by atoms with Gasteiger partial charge in [-0.05, 0) is 24.3 Å². The number of halogens is 1. The molecule has 0 spiro atoms. The standard InChI is InChI=1S/C18H17ClN2O6/c1-26-9-8-20-15-7-6-12(10-16(15)21(24)25)18(23)27-11-17(22)13-4-2-3-5-14(13)19/h2-7,10,20H,8-9,11H2,1H3. The minimum Gasteiger partial charge on any atom is -0.454 e. The molecule has 2 aromatic carbocycles. The Kier molecular flexibility index (Phi) is 7.27. The summed E-state index contributed by atoms with van der Waals surface area (Å²) in [6, 6.07) is 10.3. The quantitative estimate of drug-likeness (QED) is 0.229. The maximum absolute atomic E-state index is 12.1. The maximum atomic E-state index is 12.1. The number of nitrogens with one attached hydrogen (secondary N) is 1. The Labute approximate surface area is 160 Å². The molecule has 0 aromatic heterocycles. The fourth-order valence-electron chi connectivity index (χ4n) is 2.23. The number of carbonyl (C=O) groups excluding carboxylic acids is 2. The van der Waals surface area contributed by atoms with Gasteiger partial charge < -0.3 is 14.8 Å². The Morgan fingerprint density at radius 1 is 1.22 bits per heavy atom. The number of benzene rings is 2. The van der Waals surface area contributed by atoms with Crippen LogP contribution in [0, 0.1) is 10.1 Å². The molecule has 0 saturated heterocycles. The van der Waals surface area contributed by atoms with E-state index in [1.165, 1.54) is 25.3 Å². The molecule has 0 heterocycles. The molecule has 9 heteroatoms. The average molecular weight is 393 g/mol. The predicted octanol–water partition coefficient (Wildman–Crippen LogP) is 3.35. The molecule has 0 unspecified atom stereocenters. The number of esters is 1. The van der Waals surface area contributed by atoms with Crippen LogP contribution in [0.4, 0.5) is 11.4 Å². The van der Waals surface area contributed by atoms with E-state index in [1.807, 2.05) is 0 Å². The lowest BCUT2D eigenvalue weighted by atomic mass is 10.1. The Bertz CT molecular complexity index is 855. The van der Waals surface area contributed by atoms with E-state index in [1.54, 1.807) is 18.2 Å². The van der Waals surface area contributed by atoms with Crippen LogP contribution in [0.15, 0.2) is 42.5 Å². The van der Waals surface area contributed by atoms with Crippen molar-refractivity contribution in [1.82, 2.24) is 0 Å². The summed E-state index contributed by atoms with van der Waals surface area (Å²) in [7, 11) is 1.51. The van der Waals surface area contributed by atoms with Crippen molar-refractivity contribution in [3.8, 4) is 0 Å². The van der Waals surface area contributed by atoms with Crippen LogP contribution >= 0.6 is 11.6 Å². The Morgan fingerprint density at radius 3 is 2.63 bits per heavy atom. The number of hydrogen-bond acceptors (Lipinski definition) is 7. The molecule has 0 aliphatic rings. The van der Waals surface area contributed by atoms with E-state index in [-0.39, 0.29) is 27.5 Å². The fourth-order valence-corrected chi connectivity index (χ4v) is 2.47. The molecule has 2 rings (SSSR count). The third kappa shape index (κ3) is 5.50. The van der Waals surface area contributed by atoms with Gasteiger partial charge in [-0.15, -0.1) is 0 Å². The van der Waals surface area contributed by atoms with Crippen molar-refractivity contribution in [2.45, 2.75) is 0 Å². The molecular formula is C18H17ClN2O6. The van der Waals surface area contributed by atoms with E-state index in [2.05, 4.69) is 5.32 Å². The van der Waals surface area contributed by atoms with Crippen molar-refractivity contribution in [2.24, 2.45) is 0 Å². The summed E-state index contributed by atoms with van der Waals surface area (Å²) in [5, 5.41) is 14.3. The first-order valence-corrected chi connectivity index (χ1v) is 8.28. The Morgan fingerprint density at radius 2 is 1.96 bits per heavy atom. The molecule has 0 aliphatic heterocycles. The molecule has 0 bridgehead atoms. The minimum atomic E-state index is -0.845. The van der Waals surface area contributed by atoms with Crippen LogP contribution in [-0.4, -0.2) is 43.5 Å². The zero-order chi connectivity index (χ0) is 19.8. The highest BCUT2D eigenvalue weighted by molar-refractivity contribution is 6.34. The molecule has 142 valence electrons. The third-order valence-electron chi connectivity index (χ3n) is 3.56. The fraction of sp³-hybridized carbons (Fsp3) is 0.222. The van der Waals surface area contributed by atoms with Crippen molar-refractivity contribution in [2.75, 3.05) is 32.2 Å². The number of nitro benzene ring substituents is 1. The lowest BCUT2D eigenvalue weighted by Crippen LogP contribution is -2.15. The highest BCUT2D eigenvalue weighted by atomic mass is 35.5. The Balaban J connectivity index is 2.07. The number of ketones is 1. The van der Waals surface area contributed by atoms with Crippen LogP contribution in [0.3, 0.4) is 0 Å². The number of hydrogen-bond donors (Lipinski definition) is 1. The zero-order valence-corrected chi connectivity index (χ0v) is 15.2. The molecule has 27 heavy (non-hydrogen) atoms. The summed E-state index contributed by atoms with van der Waals surface area (Å²) in [5.41, 5.74) is 0.167. The van der Waals surface area contributed by atoms with E-state index in [0.717, 1.165) is 6.07 Å². The molecule has 0 fully saturated rings. The number of rotatable bonds is 9. The molecule has 0 atom stereocenters. The molecule has 8 nitrogen and oxygen atoms in total. The van der Waals surface area contributed by atoms with Gasteiger partial charge in [0, 0.05) is 25.3 Å². The molecule has 0 aliphatic carbocycles. The molecular weight excluding hydrogens is 376 g/mol. The molecule has 0 amide bonds. The van der Waals surface area contributed by atoms with Gasteiger partial charge in [0.25, 0.3) is 5.69 Å². The van der Waals surface area contributed by atoms with Gasteiger partial charge in [-0.2, -0.15) is 0 Å². The van der Waals surface area contributed by atoms with Gasteiger partial charge in [0.2, 0.25) is 5.78 Å². The van der Waals surface area contributed by atoms with Crippen LogP contribution < -0.4 is 5.32 Å². The normalized spacial score (nSPS) is 10.3. The van der Waals surface area contributed by atoms with E-state index >= 15 is 0 Å². The molecule has 1 N–H and O–H groups in total. The summed E-state index contributed by atoms with van der Waals surface area (Å²) in [4.78, 5) is 34.8. The number of nitrogens with zero attached hydrogens (tertiary/aromatic N) is 1. The first-order valence-electron chi connectivity index (χ1n) is 7.90. The van der Waals surface area contributed by atoms with Gasteiger partial charge in [-0.3, -0.25) is 14.9 Å². The summed E-state index contributed by atoms with van der Waals surface area (Å²) >= 11 is 5.92. The summed E-state index contributed by atoms with van der Waals surface area (Å²) < 4.78 is 9.84. The number of carbonyl (C=O) groups is 2. The Hall–Kier alpha value is -2.97. The van der Waals surface area contributed by atoms with Crippen LogP contribution in [0.1, 0.15) is 20.7 Å². The topological polar surface area (TPSA) is 108 Å². The van der Waals surface area contributed by atoms with Crippen molar-refractivity contribution in [1.29, 1.82) is 0 Å². The minimum absolute atomic E-state index is 0.0362. The second-order valence-corrected chi connectivity index (χ2v) is 5.79. The van der Waals surface area contributed by atoms with Gasteiger partial charge in [-0.25, -0.2) is 4.79 Å². The van der Waals surface area contributed by atoms with E-state index in [0.29, 0.717) is 13.2 Å². The average Bonchev–Trinajstić information content (AvgIpc) is 2.66. The predicted molar refractivity (Wildman–Crippen MR) is 99.5 cm³/mol. The first-order chi connectivity index (χ1) is 12.9. The number of nitro groups is 1. The van der Waals surface area contributed by atoms with Gasteiger partial charge in [-0.1, -0.05) is 23.7 Å². The second-order valence-electron chi connectivity index (χ2n) is 5.39. The van der Waals surface area contributed by atoms with Gasteiger partial charge in [0.15, 0.2) is 6.61 Å². The second kappa shape index (κ2) is 9.65. The summed E-state index contributed by atoms with van der Waals surface area (Å²) in [6.45, 7) is 0.211. The SMILES string of the molecule is COCCNc1ccc(C(=O)OCC(=O)c2ccccc2Cl)cc1[N+](=O)[O-]. The van der Waals surface area contributed by atoms with Gasteiger partial charge >= 0.3 is 5.97 Å². The number of Topliss-reactive ketones (excluding diaryl/α,β-unsaturated/α-hetero) is 1. The largest absolute Gasteiger partial charge is 0.454 e. The third-order valence-corrected chi connectivity index (χ3v) is 3.89. The van der Waals surface area contributed by atoms with Gasteiger partial charge in [0.1, 0.15) is 5.69 Å². The van der Waals surface area contributed by atoms with Crippen LogP contribution in [0.5, 0.6) is 0 Å².